The number of nitrogens with one attached hydrogen (secondary N) is 1. The normalized spacial score (nSPS) is 15.4. The lowest BCUT2D eigenvalue weighted by Crippen LogP contribution is -2.43. The van der Waals surface area contributed by atoms with E-state index in [0.717, 1.165) is 29.4 Å². The molecule has 1 aromatic heterocycles. The molecule has 2 heterocycles. The Kier molecular flexibility index (Phi) is 6.96. The molecule has 31 heavy (non-hydrogen) atoms. The Bertz CT molecular complexity index is 996. The summed E-state index contributed by atoms with van der Waals surface area (Å²) in [6, 6.07) is 16.3. The number of aromatic nitrogens is 1. The van der Waals surface area contributed by atoms with Crippen molar-refractivity contribution in [2.24, 2.45) is 0 Å². The van der Waals surface area contributed by atoms with Gasteiger partial charge in [-0.15, -0.1) is 11.3 Å². The van der Waals surface area contributed by atoms with E-state index in [1.165, 1.54) is 22.5 Å². The Hall–Kier alpha value is -2.74. The minimum Gasteiger partial charge on any atom is -0.497 e. The summed E-state index contributed by atoms with van der Waals surface area (Å²) >= 11 is 1.47. The second-order valence-electron chi connectivity index (χ2n) is 7.55. The highest BCUT2D eigenvalue weighted by molar-refractivity contribution is 7.13. The van der Waals surface area contributed by atoms with Crippen molar-refractivity contribution in [2.75, 3.05) is 40.0 Å². The maximum atomic E-state index is 12.8. The van der Waals surface area contributed by atoms with Crippen molar-refractivity contribution in [3.63, 3.8) is 0 Å². The van der Waals surface area contributed by atoms with E-state index in [4.69, 9.17) is 9.47 Å². The Morgan fingerprint density at radius 2 is 1.87 bits per heavy atom. The lowest BCUT2D eigenvalue weighted by atomic mass is 10.0. The topological polar surface area (TPSA) is 63.7 Å². The molecule has 0 aliphatic carbocycles. The quantitative estimate of drug-likeness (QED) is 0.607. The number of morpholine rings is 1. The molecule has 3 aromatic rings. The molecule has 1 fully saturated rings. The van der Waals surface area contributed by atoms with Crippen LogP contribution in [0.2, 0.25) is 0 Å². The zero-order chi connectivity index (χ0) is 21.6. The monoisotopic (exact) mass is 437 g/mol. The van der Waals surface area contributed by atoms with Gasteiger partial charge in [0.1, 0.15) is 16.5 Å². The number of ether oxygens (including phenoxy) is 2. The van der Waals surface area contributed by atoms with Crippen molar-refractivity contribution in [2.45, 2.75) is 13.0 Å². The average Bonchev–Trinajstić information content (AvgIpc) is 3.31. The lowest BCUT2D eigenvalue weighted by molar-refractivity contribution is 0.0162. The molecule has 0 spiro atoms. The van der Waals surface area contributed by atoms with E-state index >= 15 is 0 Å². The van der Waals surface area contributed by atoms with Gasteiger partial charge < -0.3 is 14.8 Å². The second-order valence-corrected chi connectivity index (χ2v) is 8.41. The summed E-state index contributed by atoms with van der Waals surface area (Å²) in [5.74, 6) is 0.643. The molecule has 1 amide bonds. The zero-order valence-corrected chi connectivity index (χ0v) is 18.7. The van der Waals surface area contributed by atoms with Gasteiger partial charge in [-0.05, 0) is 36.8 Å². The van der Waals surface area contributed by atoms with Crippen LogP contribution < -0.4 is 10.1 Å². The maximum absolute atomic E-state index is 12.8. The van der Waals surface area contributed by atoms with E-state index < -0.39 is 0 Å². The van der Waals surface area contributed by atoms with Gasteiger partial charge in [0.25, 0.3) is 5.91 Å². The Morgan fingerprint density at radius 1 is 1.16 bits per heavy atom. The number of carbonyl (C=O) groups excluding carboxylic acids is 1. The van der Waals surface area contributed by atoms with Crippen molar-refractivity contribution >= 4 is 17.2 Å². The molecule has 6 nitrogen and oxygen atoms in total. The van der Waals surface area contributed by atoms with Gasteiger partial charge >= 0.3 is 0 Å². The van der Waals surface area contributed by atoms with E-state index in [2.05, 4.69) is 46.4 Å². The van der Waals surface area contributed by atoms with Crippen molar-refractivity contribution in [3.8, 4) is 16.3 Å². The third kappa shape index (κ3) is 5.31. The molecular weight excluding hydrogens is 410 g/mol. The van der Waals surface area contributed by atoms with Gasteiger partial charge in [-0.1, -0.05) is 29.8 Å². The lowest BCUT2D eigenvalue weighted by Gasteiger charge is -2.35. The number of nitrogens with zero attached hydrogens (tertiary/aromatic N) is 2. The first-order valence-electron chi connectivity index (χ1n) is 10.4. The fourth-order valence-electron chi connectivity index (χ4n) is 3.66. The van der Waals surface area contributed by atoms with Crippen molar-refractivity contribution < 1.29 is 14.3 Å². The van der Waals surface area contributed by atoms with E-state index in [1.54, 1.807) is 7.11 Å². The van der Waals surface area contributed by atoms with Gasteiger partial charge in [0.05, 0.1) is 26.4 Å². The predicted molar refractivity (Wildman–Crippen MR) is 123 cm³/mol. The van der Waals surface area contributed by atoms with Crippen LogP contribution in [-0.2, 0) is 4.74 Å². The molecule has 0 bridgehead atoms. The first kappa shape index (κ1) is 21.5. The number of hydrogen-bond acceptors (Lipinski definition) is 6. The SMILES string of the molecule is COc1ccc(-c2nc(C(=O)NCC(c3ccc(C)cc3)N3CCOCC3)cs2)cc1. The number of aryl methyl sites for hydroxylation is 1. The van der Waals surface area contributed by atoms with Crippen molar-refractivity contribution in [3.05, 3.63) is 70.7 Å². The Balaban J connectivity index is 1.44. The highest BCUT2D eigenvalue weighted by Crippen LogP contribution is 2.26. The van der Waals surface area contributed by atoms with Gasteiger partial charge in [0.15, 0.2) is 0 Å². The van der Waals surface area contributed by atoms with Gasteiger partial charge in [-0.2, -0.15) is 0 Å². The number of thiazole rings is 1. The van der Waals surface area contributed by atoms with Gasteiger partial charge in [0, 0.05) is 30.6 Å². The number of methoxy groups -OCH3 is 1. The number of hydrogen-bond donors (Lipinski definition) is 1. The Morgan fingerprint density at radius 3 is 2.55 bits per heavy atom. The third-order valence-electron chi connectivity index (χ3n) is 5.48. The van der Waals surface area contributed by atoms with Crippen LogP contribution in [0.3, 0.4) is 0 Å². The summed E-state index contributed by atoms with van der Waals surface area (Å²) in [5.41, 5.74) is 3.84. The summed E-state index contributed by atoms with van der Waals surface area (Å²) < 4.78 is 10.7. The molecule has 162 valence electrons. The van der Waals surface area contributed by atoms with Crippen LogP contribution in [0.5, 0.6) is 5.75 Å². The second kappa shape index (κ2) is 10.0. The number of carbonyl (C=O) groups is 1. The maximum Gasteiger partial charge on any atom is 0.270 e. The molecule has 0 saturated carbocycles. The molecule has 7 heteroatoms. The summed E-state index contributed by atoms with van der Waals surface area (Å²) in [7, 11) is 1.64. The van der Waals surface area contributed by atoms with Gasteiger partial charge in [0.2, 0.25) is 0 Å². The fourth-order valence-corrected chi connectivity index (χ4v) is 4.47. The molecule has 1 saturated heterocycles. The first-order chi connectivity index (χ1) is 15.1. The van der Waals surface area contributed by atoms with Crippen LogP contribution in [0.25, 0.3) is 10.6 Å². The summed E-state index contributed by atoms with van der Waals surface area (Å²) in [4.78, 5) is 19.7. The molecular formula is C24H27N3O3S. The fraction of sp³-hybridized carbons (Fsp3) is 0.333. The van der Waals surface area contributed by atoms with E-state index in [1.807, 2.05) is 29.6 Å². The molecule has 0 radical (unpaired) electrons. The summed E-state index contributed by atoms with van der Waals surface area (Å²) in [5, 5.41) is 5.72. The van der Waals surface area contributed by atoms with Crippen LogP contribution in [0, 0.1) is 6.92 Å². The third-order valence-corrected chi connectivity index (χ3v) is 6.37. The molecule has 1 aliphatic rings. The van der Waals surface area contributed by atoms with Crippen LogP contribution >= 0.6 is 11.3 Å². The molecule has 2 aromatic carbocycles. The average molecular weight is 438 g/mol. The number of amides is 1. The number of rotatable bonds is 7. The van der Waals surface area contributed by atoms with Gasteiger partial charge in [-0.3, -0.25) is 9.69 Å². The molecule has 1 unspecified atom stereocenters. The summed E-state index contributed by atoms with van der Waals surface area (Å²) in [6.45, 7) is 5.75. The van der Waals surface area contributed by atoms with Crippen molar-refractivity contribution in [1.82, 2.24) is 15.2 Å². The van der Waals surface area contributed by atoms with Crippen LogP contribution in [0.4, 0.5) is 0 Å². The van der Waals surface area contributed by atoms with E-state index in [0.29, 0.717) is 25.5 Å². The highest BCUT2D eigenvalue weighted by atomic mass is 32.1. The van der Waals surface area contributed by atoms with E-state index in [9.17, 15) is 4.79 Å². The van der Waals surface area contributed by atoms with Crippen LogP contribution in [0.15, 0.2) is 53.9 Å². The van der Waals surface area contributed by atoms with Crippen LogP contribution in [-0.4, -0.2) is 55.7 Å². The smallest absolute Gasteiger partial charge is 0.270 e. The van der Waals surface area contributed by atoms with Crippen LogP contribution in [0.1, 0.15) is 27.7 Å². The Labute approximate surface area is 186 Å². The highest BCUT2D eigenvalue weighted by Gasteiger charge is 2.24. The minimum atomic E-state index is -0.151. The largest absolute Gasteiger partial charge is 0.497 e. The molecule has 1 aliphatic heterocycles. The molecule has 1 atom stereocenters. The van der Waals surface area contributed by atoms with Gasteiger partial charge in [-0.25, -0.2) is 4.98 Å². The molecule has 4 rings (SSSR count). The van der Waals surface area contributed by atoms with E-state index in [-0.39, 0.29) is 11.9 Å². The first-order valence-corrected chi connectivity index (χ1v) is 11.3. The standard InChI is InChI=1S/C24H27N3O3S/c1-17-3-5-18(6-4-17)22(27-11-13-30-14-12-27)15-25-23(28)21-16-31-24(26-21)19-7-9-20(29-2)10-8-19/h3-10,16,22H,11-15H2,1-2H3,(H,25,28). The van der Waals surface area contributed by atoms with Crippen molar-refractivity contribution in [1.29, 1.82) is 0 Å². The zero-order valence-electron chi connectivity index (χ0n) is 17.8. The summed E-state index contributed by atoms with van der Waals surface area (Å²) in [6.07, 6.45) is 0. The molecule has 1 N–H and O–H groups in total. The predicted octanol–water partition coefficient (Wildman–Crippen LogP) is 3.93. The number of benzene rings is 2. The minimum absolute atomic E-state index is 0.105.